The molecular weight excluding hydrogens is 372 g/mol. The van der Waals surface area contributed by atoms with E-state index in [0.29, 0.717) is 45.2 Å². The highest BCUT2D eigenvalue weighted by Crippen LogP contribution is 2.12. The van der Waals surface area contributed by atoms with Crippen molar-refractivity contribution in [1.82, 2.24) is 19.9 Å². The molecule has 1 fully saturated rings. The van der Waals surface area contributed by atoms with Gasteiger partial charge < -0.3 is 29.7 Å². The third kappa shape index (κ3) is 8.27. The predicted octanol–water partition coefficient (Wildman–Crippen LogP) is -1.81. The molecule has 2 amide bonds. The van der Waals surface area contributed by atoms with Crippen molar-refractivity contribution >= 4 is 11.8 Å². The second-order valence-electron chi connectivity index (χ2n) is 6.31. The summed E-state index contributed by atoms with van der Waals surface area (Å²) in [5.74, 6) is 4.63. The molecule has 0 spiro atoms. The summed E-state index contributed by atoms with van der Waals surface area (Å²) < 4.78 is 17.5. The molecule has 1 aliphatic heterocycles. The van der Waals surface area contributed by atoms with Gasteiger partial charge in [0.1, 0.15) is 18.8 Å². The smallest absolute Gasteiger partial charge is 0.248 e. The van der Waals surface area contributed by atoms with Crippen molar-refractivity contribution in [3.63, 3.8) is 0 Å². The molecule has 1 saturated heterocycles. The van der Waals surface area contributed by atoms with E-state index < -0.39 is 5.91 Å². The van der Waals surface area contributed by atoms with E-state index in [1.807, 2.05) is 0 Å². The molecule has 0 atom stereocenters. The first-order chi connectivity index (χ1) is 13.6. The lowest BCUT2D eigenvalue weighted by atomic mass is 10.1. The summed E-state index contributed by atoms with van der Waals surface area (Å²) in [5.41, 5.74) is 5.67. The van der Waals surface area contributed by atoms with Crippen molar-refractivity contribution in [1.29, 1.82) is 0 Å². The molecule has 0 aromatic carbocycles. The summed E-state index contributed by atoms with van der Waals surface area (Å²) in [6.07, 6.45) is 3.12. The van der Waals surface area contributed by atoms with E-state index in [1.165, 1.54) is 4.68 Å². The zero-order valence-electron chi connectivity index (χ0n) is 15.8. The van der Waals surface area contributed by atoms with Gasteiger partial charge in [0, 0.05) is 13.1 Å². The van der Waals surface area contributed by atoms with Gasteiger partial charge in [-0.25, -0.2) is 10.6 Å². The largest absolute Gasteiger partial charge is 0.377 e. The molecule has 0 bridgehead atoms. The maximum Gasteiger partial charge on any atom is 0.248 e. The lowest BCUT2D eigenvalue weighted by molar-refractivity contribution is -0.139. The van der Waals surface area contributed by atoms with Crippen molar-refractivity contribution in [2.75, 3.05) is 46.1 Å². The monoisotopic (exact) mass is 400 g/mol. The Morgan fingerprint density at radius 2 is 1.79 bits per heavy atom. The maximum absolute atomic E-state index is 12.0. The highest BCUT2D eigenvalue weighted by atomic mass is 16.6. The fourth-order valence-corrected chi connectivity index (χ4v) is 2.65. The van der Waals surface area contributed by atoms with Crippen molar-refractivity contribution in [2.45, 2.75) is 32.1 Å². The molecule has 0 saturated carbocycles. The fraction of sp³-hybridized carbons (Fsp3) is 0.750. The Balaban J connectivity index is 1.42. The second kappa shape index (κ2) is 12.4. The SMILES string of the molecule is NOC1CCN(C(=O)COCCOCCOCc2cn(CC(N)=O)nn2)CC1. The van der Waals surface area contributed by atoms with E-state index in [-0.39, 0.29) is 31.8 Å². The number of carbonyl (C=O) groups is 2. The summed E-state index contributed by atoms with van der Waals surface area (Å²) in [4.78, 5) is 29.3. The van der Waals surface area contributed by atoms with Crippen LogP contribution >= 0.6 is 0 Å². The third-order valence-electron chi connectivity index (χ3n) is 4.11. The van der Waals surface area contributed by atoms with Gasteiger partial charge >= 0.3 is 0 Å². The second-order valence-corrected chi connectivity index (χ2v) is 6.31. The number of nitrogens with zero attached hydrogens (tertiary/aromatic N) is 4. The maximum atomic E-state index is 12.0. The Hall–Kier alpha value is -2.12. The number of nitrogens with two attached hydrogens (primary N) is 2. The number of hydrogen-bond acceptors (Lipinski definition) is 9. The molecule has 2 heterocycles. The molecular formula is C16H28N6O6. The van der Waals surface area contributed by atoms with Gasteiger partial charge in [-0.05, 0) is 12.8 Å². The van der Waals surface area contributed by atoms with Crippen LogP contribution in [0.5, 0.6) is 0 Å². The molecule has 158 valence electrons. The van der Waals surface area contributed by atoms with Crippen molar-refractivity contribution < 1.29 is 28.6 Å². The molecule has 4 N–H and O–H groups in total. The quantitative estimate of drug-likeness (QED) is 0.288. The number of primary amides is 1. The number of hydrogen-bond donors (Lipinski definition) is 2. The third-order valence-corrected chi connectivity index (χ3v) is 4.11. The summed E-state index contributed by atoms with van der Waals surface area (Å²) in [6, 6.07) is 0. The van der Waals surface area contributed by atoms with Crippen LogP contribution in [0.1, 0.15) is 18.5 Å². The zero-order chi connectivity index (χ0) is 20.2. The van der Waals surface area contributed by atoms with Crippen LogP contribution in [0.4, 0.5) is 0 Å². The molecule has 1 aromatic rings. The Bertz CT molecular complexity index is 604. The fourth-order valence-electron chi connectivity index (χ4n) is 2.65. The molecule has 12 nitrogen and oxygen atoms in total. The van der Waals surface area contributed by atoms with Crippen LogP contribution in [0.15, 0.2) is 6.20 Å². The van der Waals surface area contributed by atoms with Crippen LogP contribution in [0.2, 0.25) is 0 Å². The van der Waals surface area contributed by atoms with Crippen LogP contribution in [0, 0.1) is 0 Å². The highest BCUT2D eigenvalue weighted by molar-refractivity contribution is 5.77. The van der Waals surface area contributed by atoms with Gasteiger partial charge in [-0.3, -0.25) is 9.59 Å². The number of ether oxygens (including phenoxy) is 3. The average Bonchev–Trinajstić information content (AvgIpc) is 3.13. The van der Waals surface area contributed by atoms with Crippen LogP contribution in [-0.2, 0) is 41.8 Å². The van der Waals surface area contributed by atoms with E-state index in [1.54, 1.807) is 11.1 Å². The molecule has 0 unspecified atom stereocenters. The number of likely N-dealkylation sites (tertiary alicyclic amines) is 1. The van der Waals surface area contributed by atoms with E-state index in [2.05, 4.69) is 10.3 Å². The highest BCUT2D eigenvalue weighted by Gasteiger charge is 2.22. The number of aromatic nitrogens is 3. The Labute approximate surface area is 163 Å². The molecule has 0 aliphatic carbocycles. The molecule has 28 heavy (non-hydrogen) atoms. The van der Waals surface area contributed by atoms with Crippen LogP contribution in [-0.4, -0.2) is 83.9 Å². The minimum atomic E-state index is -0.486. The standard InChI is InChI=1S/C16H28N6O6/c17-15(23)10-22-9-13(19-20-22)11-26-7-5-25-6-8-27-12-16(24)21-3-1-14(28-18)2-4-21/h9,14H,1-8,10-12,18H2,(H2,17,23). The van der Waals surface area contributed by atoms with E-state index in [0.717, 1.165) is 12.8 Å². The Kier molecular flexibility index (Phi) is 9.79. The zero-order valence-corrected chi connectivity index (χ0v) is 15.8. The lowest BCUT2D eigenvalue weighted by Crippen LogP contribution is -2.43. The van der Waals surface area contributed by atoms with Crippen LogP contribution in [0.25, 0.3) is 0 Å². The van der Waals surface area contributed by atoms with Crippen molar-refractivity contribution in [2.24, 2.45) is 11.6 Å². The topological polar surface area (TPSA) is 157 Å². The first-order valence-electron chi connectivity index (χ1n) is 9.12. The molecule has 2 rings (SSSR count). The molecule has 1 aromatic heterocycles. The number of piperidine rings is 1. The molecule has 12 heteroatoms. The number of rotatable bonds is 13. The summed E-state index contributed by atoms with van der Waals surface area (Å²) in [6.45, 7) is 3.01. The van der Waals surface area contributed by atoms with Gasteiger partial charge in [-0.1, -0.05) is 5.21 Å². The average molecular weight is 400 g/mol. The normalized spacial score (nSPS) is 15.1. The minimum absolute atomic E-state index is 0.0149. The van der Waals surface area contributed by atoms with Gasteiger partial charge in [0.15, 0.2) is 0 Å². The van der Waals surface area contributed by atoms with Gasteiger partial charge in [-0.2, -0.15) is 0 Å². The summed E-state index contributed by atoms with van der Waals surface area (Å²) >= 11 is 0. The van der Waals surface area contributed by atoms with E-state index in [9.17, 15) is 9.59 Å². The van der Waals surface area contributed by atoms with E-state index in [4.69, 9.17) is 30.7 Å². The Morgan fingerprint density at radius 1 is 1.11 bits per heavy atom. The first kappa shape index (κ1) is 22.2. The molecule has 0 radical (unpaired) electrons. The number of carbonyl (C=O) groups excluding carboxylic acids is 2. The summed E-state index contributed by atoms with van der Waals surface area (Å²) in [7, 11) is 0. The first-order valence-corrected chi connectivity index (χ1v) is 9.12. The molecule has 1 aliphatic rings. The van der Waals surface area contributed by atoms with Gasteiger partial charge in [0.2, 0.25) is 11.8 Å². The van der Waals surface area contributed by atoms with Gasteiger partial charge in [-0.15, -0.1) is 5.10 Å². The van der Waals surface area contributed by atoms with E-state index >= 15 is 0 Å². The lowest BCUT2D eigenvalue weighted by Gasteiger charge is -2.30. The predicted molar refractivity (Wildman–Crippen MR) is 95.4 cm³/mol. The summed E-state index contributed by atoms with van der Waals surface area (Å²) in [5, 5.41) is 7.62. The number of amides is 2. The van der Waals surface area contributed by atoms with Crippen LogP contribution < -0.4 is 11.6 Å². The minimum Gasteiger partial charge on any atom is -0.377 e. The van der Waals surface area contributed by atoms with Gasteiger partial charge in [0.25, 0.3) is 0 Å². The van der Waals surface area contributed by atoms with Crippen molar-refractivity contribution in [3.05, 3.63) is 11.9 Å². The van der Waals surface area contributed by atoms with Gasteiger partial charge in [0.05, 0.1) is 45.3 Å². The Morgan fingerprint density at radius 3 is 2.46 bits per heavy atom. The van der Waals surface area contributed by atoms with Crippen molar-refractivity contribution in [3.8, 4) is 0 Å². The van der Waals surface area contributed by atoms with Crippen LogP contribution in [0.3, 0.4) is 0 Å².